The maximum atomic E-state index is 2.43. The normalized spacial score (nSPS) is 36.9. The minimum Gasteiger partial charge on any atom is -0.130 e. The van der Waals surface area contributed by atoms with E-state index in [0.29, 0.717) is 5.41 Å². The van der Waals surface area contributed by atoms with Gasteiger partial charge in [-0.15, -0.1) is 11.8 Å². The minimum atomic E-state index is 0.595. The van der Waals surface area contributed by atoms with E-state index in [0.717, 1.165) is 11.8 Å². The summed E-state index contributed by atoms with van der Waals surface area (Å²) in [7, 11) is 0. The summed E-state index contributed by atoms with van der Waals surface area (Å²) in [6.45, 7) is 2.42. The maximum Gasteiger partial charge on any atom is 0.00720 e. The van der Waals surface area contributed by atoms with Crippen LogP contribution in [0.15, 0.2) is 29.2 Å². The molecule has 3 atom stereocenters. The van der Waals surface area contributed by atoms with Gasteiger partial charge in [-0.1, -0.05) is 19.1 Å². The zero-order valence-electron chi connectivity index (χ0n) is 10.2. The molecule has 2 fully saturated rings. The third-order valence-electron chi connectivity index (χ3n) is 4.65. The molecule has 86 valence electrons. The van der Waals surface area contributed by atoms with Crippen molar-refractivity contribution in [2.24, 2.45) is 11.8 Å². The lowest BCUT2D eigenvalue weighted by Gasteiger charge is -2.26. The molecule has 0 aromatic heterocycles. The molecule has 0 N–H and O–H groups in total. The summed E-state index contributed by atoms with van der Waals surface area (Å²) in [4.78, 5) is 1.43. The van der Waals surface area contributed by atoms with Crippen LogP contribution in [0.25, 0.3) is 0 Å². The second-order valence-corrected chi connectivity index (χ2v) is 6.55. The van der Waals surface area contributed by atoms with Crippen molar-refractivity contribution in [3.8, 4) is 0 Å². The third kappa shape index (κ3) is 1.60. The Morgan fingerprint density at radius 2 is 2.25 bits per heavy atom. The van der Waals surface area contributed by atoms with Gasteiger partial charge in [0.1, 0.15) is 0 Å². The molecule has 2 saturated carbocycles. The first-order valence-electron chi connectivity index (χ1n) is 6.39. The van der Waals surface area contributed by atoms with Gasteiger partial charge in [0.05, 0.1) is 0 Å². The Morgan fingerprint density at radius 3 is 3.00 bits per heavy atom. The highest BCUT2D eigenvalue weighted by atomic mass is 32.2. The fraction of sp³-hybridized carbons (Fsp3) is 0.600. The lowest BCUT2D eigenvalue weighted by molar-refractivity contribution is 0.337. The Balaban J connectivity index is 1.88. The Kier molecular flexibility index (Phi) is 2.54. The number of rotatable bonds is 2. The van der Waals surface area contributed by atoms with Crippen LogP contribution in [0.2, 0.25) is 0 Å². The van der Waals surface area contributed by atoms with E-state index in [9.17, 15) is 0 Å². The topological polar surface area (TPSA) is 0 Å². The second-order valence-electron chi connectivity index (χ2n) is 5.67. The van der Waals surface area contributed by atoms with Crippen LogP contribution in [0.1, 0.15) is 38.2 Å². The molecule has 0 nitrogen and oxygen atoms in total. The molecular weight excluding hydrogens is 212 g/mol. The smallest absolute Gasteiger partial charge is 0.00720 e. The van der Waals surface area contributed by atoms with Gasteiger partial charge in [-0.3, -0.25) is 0 Å². The summed E-state index contributed by atoms with van der Waals surface area (Å²) in [5.41, 5.74) is 2.22. The number of hydrogen-bond acceptors (Lipinski definition) is 1. The van der Waals surface area contributed by atoms with E-state index in [2.05, 4.69) is 37.4 Å². The van der Waals surface area contributed by atoms with Gasteiger partial charge in [-0.05, 0) is 66.9 Å². The van der Waals surface area contributed by atoms with Crippen molar-refractivity contribution >= 4 is 11.8 Å². The Labute approximate surface area is 103 Å². The predicted molar refractivity (Wildman–Crippen MR) is 71.0 cm³/mol. The molecule has 1 aromatic carbocycles. The van der Waals surface area contributed by atoms with Crippen LogP contribution >= 0.6 is 11.8 Å². The largest absolute Gasteiger partial charge is 0.130 e. The monoisotopic (exact) mass is 232 g/mol. The van der Waals surface area contributed by atoms with Crippen molar-refractivity contribution in [2.45, 2.75) is 42.9 Å². The molecule has 1 aromatic rings. The molecule has 0 bridgehead atoms. The van der Waals surface area contributed by atoms with Crippen LogP contribution in [0.4, 0.5) is 0 Å². The SMILES string of the molecule is CSc1cccc([C@]23CC[C@@H](C)CC2C3)c1. The van der Waals surface area contributed by atoms with E-state index >= 15 is 0 Å². The van der Waals surface area contributed by atoms with Crippen LogP contribution in [0, 0.1) is 11.8 Å². The average Bonchev–Trinajstić information content (AvgIpc) is 3.04. The zero-order valence-corrected chi connectivity index (χ0v) is 11.0. The molecule has 2 aliphatic carbocycles. The van der Waals surface area contributed by atoms with Gasteiger partial charge in [0.2, 0.25) is 0 Å². The average molecular weight is 232 g/mol. The van der Waals surface area contributed by atoms with Gasteiger partial charge < -0.3 is 0 Å². The quantitative estimate of drug-likeness (QED) is 0.677. The van der Waals surface area contributed by atoms with E-state index in [1.54, 1.807) is 5.56 Å². The van der Waals surface area contributed by atoms with Crippen molar-refractivity contribution in [1.29, 1.82) is 0 Å². The van der Waals surface area contributed by atoms with Crippen molar-refractivity contribution in [2.75, 3.05) is 6.26 Å². The minimum absolute atomic E-state index is 0.595. The molecule has 0 heterocycles. The van der Waals surface area contributed by atoms with Crippen LogP contribution in [0.3, 0.4) is 0 Å². The standard InChI is InChI=1S/C15H20S/c1-11-6-7-15(10-13(15)8-11)12-4-3-5-14(9-12)16-2/h3-5,9,11,13H,6-8,10H2,1-2H3/t11-,13?,15-/m1/s1. The molecule has 1 unspecified atom stereocenters. The first-order valence-corrected chi connectivity index (χ1v) is 7.61. The van der Waals surface area contributed by atoms with Gasteiger partial charge in [0.15, 0.2) is 0 Å². The number of fused-ring (bicyclic) bond motifs is 1. The van der Waals surface area contributed by atoms with Crippen molar-refractivity contribution in [3.05, 3.63) is 29.8 Å². The van der Waals surface area contributed by atoms with Crippen molar-refractivity contribution in [3.63, 3.8) is 0 Å². The summed E-state index contributed by atoms with van der Waals surface area (Å²) in [5, 5.41) is 0. The molecule has 3 rings (SSSR count). The Morgan fingerprint density at radius 1 is 1.38 bits per heavy atom. The molecular formula is C15H20S. The van der Waals surface area contributed by atoms with Gasteiger partial charge >= 0.3 is 0 Å². The number of thioether (sulfide) groups is 1. The summed E-state index contributed by atoms with van der Waals surface area (Å²) in [5.74, 6) is 1.96. The van der Waals surface area contributed by atoms with E-state index < -0.39 is 0 Å². The summed E-state index contributed by atoms with van der Waals surface area (Å²) in [6, 6.07) is 9.26. The second kappa shape index (κ2) is 3.80. The molecule has 0 aliphatic heterocycles. The fourth-order valence-electron chi connectivity index (χ4n) is 3.53. The van der Waals surface area contributed by atoms with Crippen molar-refractivity contribution in [1.82, 2.24) is 0 Å². The van der Waals surface area contributed by atoms with E-state index in [4.69, 9.17) is 0 Å². The lowest BCUT2D eigenvalue weighted by atomic mass is 9.79. The molecule has 0 radical (unpaired) electrons. The van der Waals surface area contributed by atoms with Crippen LogP contribution in [0.5, 0.6) is 0 Å². The Bertz CT molecular complexity index is 398. The molecule has 0 spiro atoms. The molecule has 2 aliphatic rings. The van der Waals surface area contributed by atoms with Gasteiger partial charge in [-0.2, -0.15) is 0 Å². The van der Waals surface area contributed by atoms with E-state index in [-0.39, 0.29) is 0 Å². The molecule has 1 heteroatoms. The lowest BCUT2D eigenvalue weighted by Crippen LogP contribution is -2.18. The van der Waals surface area contributed by atoms with E-state index in [1.807, 2.05) is 11.8 Å². The molecule has 16 heavy (non-hydrogen) atoms. The number of benzene rings is 1. The highest BCUT2D eigenvalue weighted by molar-refractivity contribution is 7.98. The zero-order chi connectivity index (χ0) is 11.2. The Hall–Kier alpha value is -0.430. The fourth-order valence-corrected chi connectivity index (χ4v) is 3.99. The summed E-state index contributed by atoms with van der Waals surface area (Å²) >= 11 is 1.86. The third-order valence-corrected chi connectivity index (χ3v) is 5.37. The molecule has 0 amide bonds. The molecule has 0 saturated heterocycles. The maximum absolute atomic E-state index is 2.43. The highest BCUT2D eigenvalue weighted by Crippen LogP contribution is 2.63. The van der Waals surface area contributed by atoms with Crippen LogP contribution < -0.4 is 0 Å². The van der Waals surface area contributed by atoms with Crippen molar-refractivity contribution < 1.29 is 0 Å². The van der Waals surface area contributed by atoms with Gasteiger partial charge in [0, 0.05) is 4.90 Å². The van der Waals surface area contributed by atoms with Crippen LogP contribution in [-0.2, 0) is 5.41 Å². The first kappa shape index (κ1) is 10.7. The number of hydrogen-bond donors (Lipinski definition) is 0. The highest BCUT2D eigenvalue weighted by Gasteiger charge is 2.56. The van der Waals surface area contributed by atoms with Crippen LogP contribution in [-0.4, -0.2) is 6.26 Å². The summed E-state index contributed by atoms with van der Waals surface area (Å²) < 4.78 is 0. The summed E-state index contributed by atoms with van der Waals surface area (Å²) in [6.07, 6.45) is 7.94. The predicted octanol–water partition coefficient (Wildman–Crippen LogP) is 4.49. The van der Waals surface area contributed by atoms with Gasteiger partial charge in [-0.25, -0.2) is 0 Å². The first-order chi connectivity index (χ1) is 7.74. The van der Waals surface area contributed by atoms with E-state index in [1.165, 1.54) is 30.6 Å². The van der Waals surface area contributed by atoms with Gasteiger partial charge in [0.25, 0.3) is 0 Å².